The van der Waals surface area contributed by atoms with Gasteiger partial charge in [0.05, 0.1) is 10.6 Å². The fourth-order valence-corrected chi connectivity index (χ4v) is 3.56. The van der Waals surface area contributed by atoms with E-state index in [9.17, 15) is 9.90 Å². The Hall–Kier alpha value is -2.10. The number of fused-ring (bicyclic) bond motifs is 1. The van der Waals surface area contributed by atoms with E-state index in [-0.39, 0.29) is 18.4 Å². The Labute approximate surface area is 146 Å². The van der Waals surface area contributed by atoms with Crippen molar-refractivity contribution >= 4 is 28.3 Å². The third-order valence-electron chi connectivity index (χ3n) is 4.49. The SMILES string of the molecule is Cc1c(C(=O)c2ccccc2Cl)c2ccccc2n1C(C)CCO. The number of carbonyl (C=O) groups excluding carboxylic acids is 1. The standard InChI is InChI=1S/C20H20ClNO2/c1-13(11-12-23)22-14(2)19(16-8-4-6-10-18(16)22)20(24)15-7-3-5-9-17(15)21/h3-10,13,23H,11-12H2,1-2H3. The smallest absolute Gasteiger partial charge is 0.196 e. The Morgan fingerprint density at radius 1 is 1.17 bits per heavy atom. The van der Waals surface area contributed by atoms with Crippen LogP contribution in [0.2, 0.25) is 5.02 Å². The molecule has 0 bridgehead atoms. The van der Waals surface area contributed by atoms with Gasteiger partial charge in [-0.25, -0.2) is 0 Å². The Kier molecular flexibility index (Phi) is 4.74. The van der Waals surface area contributed by atoms with Crippen molar-refractivity contribution in [1.29, 1.82) is 0 Å². The molecule has 0 saturated carbocycles. The quantitative estimate of drug-likeness (QED) is 0.679. The number of carbonyl (C=O) groups is 1. The van der Waals surface area contributed by atoms with Crippen LogP contribution in [0.3, 0.4) is 0 Å². The van der Waals surface area contributed by atoms with Gasteiger partial charge in [0.2, 0.25) is 0 Å². The lowest BCUT2D eigenvalue weighted by Crippen LogP contribution is -2.10. The molecule has 1 N–H and O–H groups in total. The van der Waals surface area contributed by atoms with E-state index in [4.69, 9.17) is 11.6 Å². The minimum absolute atomic E-state index is 0.0655. The van der Waals surface area contributed by atoms with Gasteiger partial charge in [0.1, 0.15) is 0 Å². The van der Waals surface area contributed by atoms with E-state index in [1.54, 1.807) is 12.1 Å². The summed E-state index contributed by atoms with van der Waals surface area (Å²) in [5, 5.41) is 10.7. The molecule has 0 aliphatic heterocycles. The van der Waals surface area contributed by atoms with Gasteiger partial charge in [-0.05, 0) is 38.5 Å². The van der Waals surface area contributed by atoms with Crippen LogP contribution in [0.5, 0.6) is 0 Å². The van der Waals surface area contributed by atoms with Crippen molar-refractivity contribution < 1.29 is 9.90 Å². The molecule has 0 fully saturated rings. The van der Waals surface area contributed by atoms with Crippen LogP contribution in [0.4, 0.5) is 0 Å². The van der Waals surface area contributed by atoms with Crippen molar-refractivity contribution in [3.8, 4) is 0 Å². The zero-order chi connectivity index (χ0) is 17.3. The van der Waals surface area contributed by atoms with Gasteiger partial charge in [-0.15, -0.1) is 0 Å². The second kappa shape index (κ2) is 6.80. The van der Waals surface area contributed by atoms with Crippen LogP contribution >= 0.6 is 11.6 Å². The molecule has 0 aliphatic carbocycles. The number of hydrogen-bond acceptors (Lipinski definition) is 2. The highest BCUT2D eigenvalue weighted by Gasteiger charge is 2.23. The fourth-order valence-electron chi connectivity index (χ4n) is 3.34. The molecule has 0 amide bonds. The van der Waals surface area contributed by atoms with Gasteiger partial charge in [-0.3, -0.25) is 4.79 Å². The molecule has 1 atom stereocenters. The first-order valence-corrected chi connectivity index (χ1v) is 8.43. The second-order valence-corrected chi connectivity index (χ2v) is 6.43. The van der Waals surface area contributed by atoms with Crippen LogP contribution < -0.4 is 0 Å². The number of para-hydroxylation sites is 1. The maximum absolute atomic E-state index is 13.1. The molecule has 24 heavy (non-hydrogen) atoms. The Morgan fingerprint density at radius 3 is 2.54 bits per heavy atom. The molecule has 2 aromatic carbocycles. The number of hydrogen-bond donors (Lipinski definition) is 1. The Balaban J connectivity index is 2.24. The predicted octanol–water partition coefficient (Wildman–Crippen LogP) is 4.78. The van der Waals surface area contributed by atoms with E-state index in [0.717, 1.165) is 16.6 Å². The van der Waals surface area contributed by atoms with Crippen molar-refractivity contribution in [2.45, 2.75) is 26.3 Å². The zero-order valence-corrected chi connectivity index (χ0v) is 14.5. The fraction of sp³-hybridized carbons (Fsp3) is 0.250. The Morgan fingerprint density at radius 2 is 1.83 bits per heavy atom. The molecule has 0 aliphatic rings. The van der Waals surface area contributed by atoms with Crippen LogP contribution in [0.1, 0.15) is 41.0 Å². The van der Waals surface area contributed by atoms with Crippen molar-refractivity contribution in [2.24, 2.45) is 0 Å². The molecule has 3 nitrogen and oxygen atoms in total. The second-order valence-electron chi connectivity index (χ2n) is 6.02. The van der Waals surface area contributed by atoms with Gasteiger partial charge in [-0.2, -0.15) is 0 Å². The van der Waals surface area contributed by atoms with E-state index in [0.29, 0.717) is 22.6 Å². The molecule has 124 valence electrons. The number of benzene rings is 2. The Bertz CT molecular complexity index is 898. The topological polar surface area (TPSA) is 42.2 Å². The predicted molar refractivity (Wildman–Crippen MR) is 98.0 cm³/mol. The molecule has 1 aromatic heterocycles. The number of nitrogens with zero attached hydrogens (tertiary/aromatic N) is 1. The summed E-state index contributed by atoms with van der Waals surface area (Å²) in [6.07, 6.45) is 0.638. The minimum atomic E-state index is -0.0655. The number of rotatable bonds is 5. The number of aromatic nitrogens is 1. The largest absolute Gasteiger partial charge is 0.396 e. The summed E-state index contributed by atoms with van der Waals surface area (Å²) in [6.45, 7) is 4.12. The van der Waals surface area contributed by atoms with Crippen molar-refractivity contribution in [2.75, 3.05) is 6.61 Å². The number of halogens is 1. The van der Waals surface area contributed by atoms with Crippen LogP contribution in [0.15, 0.2) is 48.5 Å². The summed E-state index contributed by atoms with van der Waals surface area (Å²) in [6, 6.07) is 15.1. The molecule has 4 heteroatoms. The molecule has 3 rings (SSSR count). The van der Waals surface area contributed by atoms with Crippen LogP contribution in [-0.2, 0) is 0 Å². The molecule has 1 heterocycles. The average Bonchev–Trinajstić information content (AvgIpc) is 2.87. The first-order chi connectivity index (χ1) is 11.6. The van der Waals surface area contributed by atoms with Crippen molar-refractivity contribution in [3.63, 3.8) is 0 Å². The van der Waals surface area contributed by atoms with Crippen LogP contribution in [0, 0.1) is 6.92 Å². The van der Waals surface area contributed by atoms with Gasteiger partial charge in [0.15, 0.2) is 5.78 Å². The molecular formula is C20H20ClNO2. The highest BCUT2D eigenvalue weighted by molar-refractivity contribution is 6.35. The monoisotopic (exact) mass is 341 g/mol. The summed E-state index contributed by atoms with van der Waals surface area (Å²) in [4.78, 5) is 13.1. The molecule has 0 saturated heterocycles. The molecule has 3 aromatic rings. The lowest BCUT2D eigenvalue weighted by atomic mass is 10.0. The number of aliphatic hydroxyl groups is 1. The summed E-state index contributed by atoms with van der Waals surface area (Å²) < 4.78 is 2.13. The summed E-state index contributed by atoms with van der Waals surface area (Å²) in [5.41, 5.74) is 3.11. The van der Waals surface area contributed by atoms with Crippen molar-refractivity contribution in [3.05, 3.63) is 70.4 Å². The lowest BCUT2D eigenvalue weighted by molar-refractivity contribution is 0.103. The lowest BCUT2D eigenvalue weighted by Gasteiger charge is -2.16. The van der Waals surface area contributed by atoms with E-state index in [2.05, 4.69) is 11.5 Å². The van der Waals surface area contributed by atoms with Gasteiger partial charge in [0.25, 0.3) is 0 Å². The van der Waals surface area contributed by atoms with Crippen molar-refractivity contribution in [1.82, 2.24) is 4.57 Å². The number of aliphatic hydroxyl groups excluding tert-OH is 1. The summed E-state index contributed by atoms with van der Waals surface area (Å²) in [7, 11) is 0. The normalized spacial score (nSPS) is 12.5. The van der Waals surface area contributed by atoms with E-state index >= 15 is 0 Å². The maximum atomic E-state index is 13.1. The van der Waals surface area contributed by atoms with Crippen LogP contribution in [0.25, 0.3) is 10.9 Å². The summed E-state index contributed by atoms with van der Waals surface area (Å²) >= 11 is 6.23. The third kappa shape index (κ3) is 2.74. The van der Waals surface area contributed by atoms with E-state index in [1.807, 2.05) is 43.3 Å². The molecule has 0 spiro atoms. The highest BCUT2D eigenvalue weighted by Crippen LogP contribution is 2.32. The minimum Gasteiger partial charge on any atom is -0.396 e. The highest BCUT2D eigenvalue weighted by atomic mass is 35.5. The van der Waals surface area contributed by atoms with Gasteiger partial charge in [0, 0.05) is 34.8 Å². The number of ketones is 1. The molecular weight excluding hydrogens is 322 g/mol. The van der Waals surface area contributed by atoms with Gasteiger partial charge in [-0.1, -0.05) is 41.9 Å². The summed E-state index contributed by atoms with van der Waals surface area (Å²) in [5.74, 6) is -0.0655. The average molecular weight is 342 g/mol. The molecule has 0 radical (unpaired) electrons. The van der Waals surface area contributed by atoms with Gasteiger partial charge >= 0.3 is 0 Å². The van der Waals surface area contributed by atoms with E-state index in [1.165, 1.54) is 0 Å². The first-order valence-electron chi connectivity index (χ1n) is 8.06. The first kappa shape index (κ1) is 16.7. The third-order valence-corrected chi connectivity index (χ3v) is 4.82. The molecule has 1 unspecified atom stereocenters. The van der Waals surface area contributed by atoms with Gasteiger partial charge < -0.3 is 9.67 Å². The van der Waals surface area contributed by atoms with Crippen LogP contribution in [-0.4, -0.2) is 22.1 Å². The van der Waals surface area contributed by atoms with E-state index < -0.39 is 0 Å². The maximum Gasteiger partial charge on any atom is 0.196 e. The zero-order valence-electron chi connectivity index (χ0n) is 13.8.